The molecule has 2 aromatic rings. The average molecular weight is 368 g/mol. The molecule has 0 saturated heterocycles. The summed E-state index contributed by atoms with van der Waals surface area (Å²) in [6, 6.07) is 0. The summed E-state index contributed by atoms with van der Waals surface area (Å²) >= 11 is 3.25. The van der Waals surface area contributed by atoms with Gasteiger partial charge in [-0.1, -0.05) is 6.08 Å². The van der Waals surface area contributed by atoms with E-state index in [-0.39, 0.29) is 18.0 Å². The number of halogens is 1. The molecule has 0 fully saturated rings. The highest BCUT2D eigenvalue weighted by Crippen LogP contribution is 2.16. The molecule has 0 N–H and O–H groups in total. The minimum atomic E-state index is -0.280. The lowest BCUT2D eigenvalue weighted by Gasteiger charge is -2.17. The van der Waals surface area contributed by atoms with Gasteiger partial charge in [-0.2, -0.15) is 5.10 Å². The molecule has 7 nitrogen and oxygen atoms in total. The van der Waals surface area contributed by atoms with Crippen LogP contribution in [0.25, 0.3) is 11.0 Å². The molecule has 0 spiro atoms. The first-order chi connectivity index (χ1) is 10.5. The maximum atomic E-state index is 12.4. The molecule has 0 bridgehead atoms. The van der Waals surface area contributed by atoms with Crippen LogP contribution in [0.5, 0.6) is 0 Å². The zero-order valence-electron chi connectivity index (χ0n) is 12.6. The van der Waals surface area contributed by atoms with Crippen molar-refractivity contribution < 1.29 is 4.79 Å². The summed E-state index contributed by atoms with van der Waals surface area (Å²) in [6.07, 6.45) is 4.91. The number of hydrogen-bond acceptors (Lipinski definition) is 4. The van der Waals surface area contributed by atoms with Crippen molar-refractivity contribution >= 4 is 32.9 Å². The summed E-state index contributed by atoms with van der Waals surface area (Å²) < 4.78 is 3.26. The van der Waals surface area contributed by atoms with Crippen molar-refractivity contribution in [2.24, 2.45) is 7.05 Å². The Balaban J connectivity index is 2.20. The Labute approximate surface area is 136 Å². The fraction of sp³-hybridized carbons (Fsp3) is 0.429. The van der Waals surface area contributed by atoms with E-state index < -0.39 is 0 Å². The Morgan fingerprint density at radius 3 is 2.95 bits per heavy atom. The number of rotatable bonds is 6. The Hall–Kier alpha value is -1.96. The SMILES string of the molecule is C=CCCCN(C)C(=O)Cn1cnc2c(c(Br)nn2C)c1=O. The zero-order chi connectivity index (χ0) is 16.3. The van der Waals surface area contributed by atoms with Crippen LogP contribution in [0.2, 0.25) is 0 Å². The summed E-state index contributed by atoms with van der Waals surface area (Å²) in [4.78, 5) is 30.4. The summed E-state index contributed by atoms with van der Waals surface area (Å²) in [6.45, 7) is 4.25. The lowest BCUT2D eigenvalue weighted by molar-refractivity contribution is -0.130. The fourth-order valence-electron chi connectivity index (χ4n) is 2.11. The third-order valence-corrected chi connectivity index (χ3v) is 3.96. The standard InChI is InChI=1S/C14H18BrN5O2/c1-4-5-6-7-18(2)10(21)8-20-9-16-13-11(14(20)22)12(15)17-19(13)3/h4,9H,1,5-8H2,2-3H3. The van der Waals surface area contributed by atoms with E-state index in [1.807, 2.05) is 6.08 Å². The number of aryl methyl sites for hydroxylation is 1. The second-order valence-corrected chi connectivity index (χ2v) is 5.79. The van der Waals surface area contributed by atoms with Crippen LogP contribution >= 0.6 is 15.9 Å². The van der Waals surface area contributed by atoms with Crippen LogP contribution < -0.4 is 5.56 Å². The van der Waals surface area contributed by atoms with Gasteiger partial charge in [-0.3, -0.25) is 14.2 Å². The number of unbranched alkanes of at least 4 members (excludes halogenated alkanes) is 1. The molecule has 1 amide bonds. The molecule has 0 aromatic carbocycles. The highest BCUT2D eigenvalue weighted by Gasteiger charge is 2.16. The highest BCUT2D eigenvalue weighted by molar-refractivity contribution is 9.10. The molecule has 0 aliphatic carbocycles. The van der Waals surface area contributed by atoms with Gasteiger partial charge in [0.2, 0.25) is 5.91 Å². The van der Waals surface area contributed by atoms with Crippen molar-refractivity contribution in [3.63, 3.8) is 0 Å². The van der Waals surface area contributed by atoms with Crippen molar-refractivity contribution in [1.82, 2.24) is 24.2 Å². The van der Waals surface area contributed by atoms with Crippen molar-refractivity contribution in [1.29, 1.82) is 0 Å². The van der Waals surface area contributed by atoms with E-state index in [2.05, 4.69) is 32.6 Å². The zero-order valence-corrected chi connectivity index (χ0v) is 14.2. The van der Waals surface area contributed by atoms with Gasteiger partial charge >= 0.3 is 0 Å². The van der Waals surface area contributed by atoms with Crippen molar-refractivity contribution in [2.45, 2.75) is 19.4 Å². The summed E-state index contributed by atoms with van der Waals surface area (Å²) in [7, 11) is 3.44. The minimum Gasteiger partial charge on any atom is -0.344 e. The fourth-order valence-corrected chi connectivity index (χ4v) is 2.70. The highest BCUT2D eigenvalue weighted by atomic mass is 79.9. The number of fused-ring (bicyclic) bond motifs is 1. The summed E-state index contributed by atoms with van der Waals surface area (Å²) in [5.41, 5.74) is 0.206. The molecule has 2 heterocycles. The van der Waals surface area contributed by atoms with Gasteiger partial charge in [-0.25, -0.2) is 9.67 Å². The van der Waals surface area contributed by atoms with Gasteiger partial charge in [0, 0.05) is 20.6 Å². The first kappa shape index (κ1) is 16.4. The van der Waals surface area contributed by atoms with E-state index in [0.29, 0.717) is 22.2 Å². The Kier molecular flexibility index (Phi) is 5.12. The molecule has 118 valence electrons. The molecule has 0 radical (unpaired) electrons. The van der Waals surface area contributed by atoms with Gasteiger partial charge in [0.25, 0.3) is 5.56 Å². The van der Waals surface area contributed by atoms with Crippen molar-refractivity contribution in [3.05, 3.63) is 33.9 Å². The maximum Gasteiger partial charge on any atom is 0.266 e. The van der Waals surface area contributed by atoms with E-state index in [1.54, 1.807) is 19.0 Å². The maximum absolute atomic E-state index is 12.4. The molecule has 2 aromatic heterocycles. The summed E-state index contributed by atoms with van der Waals surface area (Å²) in [5.74, 6) is -0.132. The molecule has 0 atom stereocenters. The number of nitrogens with zero attached hydrogens (tertiary/aromatic N) is 5. The predicted octanol–water partition coefficient (Wildman–Crippen LogP) is 1.32. The van der Waals surface area contributed by atoms with Crippen LogP contribution in [0.4, 0.5) is 0 Å². The van der Waals surface area contributed by atoms with Crippen LogP contribution in [0.1, 0.15) is 12.8 Å². The third kappa shape index (κ3) is 3.27. The lowest BCUT2D eigenvalue weighted by Crippen LogP contribution is -2.34. The molecule has 22 heavy (non-hydrogen) atoms. The number of amides is 1. The number of allylic oxidation sites excluding steroid dienone is 1. The molecule has 0 saturated carbocycles. The Morgan fingerprint density at radius 2 is 2.27 bits per heavy atom. The normalized spacial score (nSPS) is 10.9. The predicted molar refractivity (Wildman–Crippen MR) is 87.5 cm³/mol. The average Bonchev–Trinajstić information content (AvgIpc) is 2.77. The van der Waals surface area contributed by atoms with Crippen LogP contribution in [-0.2, 0) is 18.4 Å². The van der Waals surface area contributed by atoms with E-state index in [9.17, 15) is 9.59 Å². The second-order valence-electron chi connectivity index (χ2n) is 5.04. The second kappa shape index (κ2) is 6.87. The van der Waals surface area contributed by atoms with Crippen LogP contribution in [0.15, 0.2) is 28.4 Å². The molecule has 2 rings (SSSR count). The van der Waals surface area contributed by atoms with Gasteiger partial charge in [-0.15, -0.1) is 6.58 Å². The Morgan fingerprint density at radius 1 is 1.55 bits per heavy atom. The number of likely N-dealkylation sites (N-methyl/N-ethyl adjacent to an activating group) is 1. The van der Waals surface area contributed by atoms with Gasteiger partial charge in [0.15, 0.2) is 5.65 Å². The third-order valence-electron chi connectivity index (χ3n) is 3.40. The number of aromatic nitrogens is 4. The number of carbonyl (C=O) groups is 1. The first-order valence-corrected chi connectivity index (χ1v) is 7.67. The minimum absolute atomic E-state index is 0.0340. The smallest absolute Gasteiger partial charge is 0.266 e. The lowest BCUT2D eigenvalue weighted by atomic mass is 10.3. The van der Waals surface area contributed by atoms with Crippen molar-refractivity contribution in [3.8, 4) is 0 Å². The van der Waals surface area contributed by atoms with Crippen LogP contribution in [0.3, 0.4) is 0 Å². The quantitative estimate of drug-likeness (QED) is 0.570. The molecule has 0 aliphatic rings. The van der Waals surface area contributed by atoms with E-state index >= 15 is 0 Å². The van der Waals surface area contributed by atoms with Crippen molar-refractivity contribution in [2.75, 3.05) is 13.6 Å². The molecular weight excluding hydrogens is 350 g/mol. The first-order valence-electron chi connectivity index (χ1n) is 6.88. The van der Waals surface area contributed by atoms with Gasteiger partial charge < -0.3 is 4.90 Å². The monoisotopic (exact) mass is 367 g/mol. The van der Waals surface area contributed by atoms with E-state index in [0.717, 1.165) is 12.8 Å². The largest absolute Gasteiger partial charge is 0.344 e. The van der Waals surface area contributed by atoms with Crippen LogP contribution in [0, 0.1) is 0 Å². The number of carbonyl (C=O) groups excluding carboxylic acids is 1. The molecular formula is C14H18BrN5O2. The molecule has 8 heteroatoms. The topological polar surface area (TPSA) is 73.0 Å². The van der Waals surface area contributed by atoms with E-state index in [4.69, 9.17) is 0 Å². The van der Waals surface area contributed by atoms with Gasteiger partial charge in [0.1, 0.15) is 22.9 Å². The number of hydrogen-bond donors (Lipinski definition) is 0. The van der Waals surface area contributed by atoms with Crippen LogP contribution in [-0.4, -0.2) is 43.7 Å². The Bertz CT molecular complexity index is 764. The van der Waals surface area contributed by atoms with Gasteiger partial charge in [-0.05, 0) is 28.8 Å². The molecule has 0 unspecified atom stereocenters. The van der Waals surface area contributed by atoms with Gasteiger partial charge in [0.05, 0.1) is 0 Å². The molecule has 0 aliphatic heterocycles. The summed E-state index contributed by atoms with van der Waals surface area (Å²) in [5, 5.41) is 4.49. The van der Waals surface area contributed by atoms with E-state index in [1.165, 1.54) is 15.6 Å².